The van der Waals surface area contributed by atoms with Crippen molar-refractivity contribution in [2.24, 2.45) is 0 Å². The Balaban J connectivity index is 2.30. The minimum absolute atomic E-state index is 0.0715. The molecule has 154 valence electrons. The van der Waals surface area contributed by atoms with Gasteiger partial charge in [-0.2, -0.15) is 0 Å². The van der Waals surface area contributed by atoms with Crippen LogP contribution in [0.4, 0.5) is 0 Å². The van der Waals surface area contributed by atoms with Crippen molar-refractivity contribution in [1.29, 1.82) is 0 Å². The summed E-state index contributed by atoms with van der Waals surface area (Å²) in [6.07, 6.45) is 0. The Labute approximate surface area is 166 Å². The number of hydrogen-bond acceptors (Lipinski definition) is 6. The van der Waals surface area contributed by atoms with E-state index in [0.29, 0.717) is 28.6 Å². The molecule has 0 saturated heterocycles. The van der Waals surface area contributed by atoms with Crippen LogP contribution in [0.3, 0.4) is 0 Å². The first-order valence-electron chi connectivity index (χ1n) is 8.73. The van der Waals surface area contributed by atoms with Gasteiger partial charge in [0.05, 0.1) is 33.3 Å². The number of methoxy groups -OCH3 is 4. The maximum atomic E-state index is 12.8. The monoisotopic (exact) mass is 409 g/mol. The van der Waals surface area contributed by atoms with Crippen LogP contribution in [0.15, 0.2) is 35.2 Å². The molecule has 2 aromatic carbocycles. The summed E-state index contributed by atoms with van der Waals surface area (Å²) in [6.45, 7) is 4.04. The van der Waals surface area contributed by atoms with Crippen LogP contribution in [0.25, 0.3) is 0 Å². The zero-order valence-corrected chi connectivity index (χ0v) is 17.8. The summed E-state index contributed by atoms with van der Waals surface area (Å²) in [6, 6.07) is 8.25. The third-order valence-corrected chi connectivity index (χ3v) is 5.72. The Bertz CT molecular complexity index is 899. The zero-order valence-electron chi connectivity index (χ0n) is 17.0. The van der Waals surface area contributed by atoms with Gasteiger partial charge in [0.25, 0.3) is 0 Å². The summed E-state index contributed by atoms with van der Waals surface area (Å²) in [4.78, 5) is 0.185. The van der Waals surface area contributed by atoms with Crippen LogP contribution >= 0.6 is 0 Å². The molecule has 0 spiro atoms. The Hall–Kier alpha value is -2.45. The minimum atomic E-state index is -3.71. The minimum Gasteiger partial charge on any atom is -0.496 e. The van der Waals surface area contributed by atoms with E-state index in [0.717, 1.165) is 5.56 Å². The zero-order chi connectivity index (χ0) is 20.9. The average Bonchev–Trinajstić information content (AvgIpc) is 2.70. The maximum Gasteiger partial charge on any atom is 0.240 e. The third kappa shape index (κ3) is 4.69. The molecule has 2 aromatic rings. The van der Waals surface area contributed by atoms with Gasteiger partial charge < -0.3 is 18.9 Å². The fourth-order valence-electron chi connectivity index (χ4n) is 2.83. The number of hydrogen-bond donors (Lipinski definition) is 1. The van der Waals surface area contributed by atoms with E-state index in [-0.39, 0.29) is 17.4 Å². The lowest BCUT2D eigenvalue weighted by atomic mass is 10.0. The van der Waals surface area contributed by atoms with Gasteiger partial charge in [-0.3, -0.25) is 0 Å². The molecule has 0 unspecified atom stereocenters. The molecule has 1 N–H and O–H groups in total. The first-order valence-corrected chi connectivity index (χ1v) is 10.2. The molecule has 8 heteroatoms. The van der Waals surface area contributed by atoms with Crippen molar-refractivity contribution in [1.82, 2.24) is 4.72 Å². The van der Waals surface area contributed by atoms with E-state index in [1.807, 2.05) is 13.8 Å². The fourth-order valence-corrected chi connectivity index (χ4v) is 3.88. The molecule has 0 bridgehead atoms. The van der Waals surface area contributed by atoms with Crippen LogP contribution in [0.1, 0.15) is 30.9 Å². The number of ether oxygens (including phenoxy) is 4. The maximum absolute atomic E-state index is 12.8. The van der Waals surface area contributed by atoms with Gasteiger partial charge in [0, 0.05) is 6.54 Å². The van der Waals surface area contributed by atoms with Gasteiger partial charge in [0.15, 0.2) is 11.5 Å². The predicted molar refractivity (Wildman–Crippen MR) is 107 cm³/mol. The van der Waals surface area contributed by atoms with Crippen molar-refractivity contribution in [3.05, 3.63) is 41.5 Å². The van der Waals surface area contributed by atoms with Gasteiger partial charge in [0.2, 0.25) is 15.8 Å². The molecule has 0 aliphatic carbocycles. The average molecular weight is 410 g/mol. The van der Waals surface area contributed by atoms with E-state index >= 15 is 0 Å². The summed E-state index contributed by atoms with van der Waals surface area (Å²) in [5.74, 6) is 2.16. The van der Waals surface area contributed by atoms with Gasteiger partial charge in [-0.15, -0.1) is 0 Å². The Morgan fingerprint density at radius 2 is 1.43 bits per heavy atom. The highest BCUT2D eigenvalue weighted by molar-refractivity contribution is 7.89. The van der Waals surface area contributed by atoms with Gasteiger partial charge in [-0.25, -0.2) is 13.1 Å². The number of benzene rings is 2. The largest absolute Gasteiger partial charge is 0.496 e. The van der Waals surface area contributed by atoms with Crippen LogP contribution < -0.4 is 23.7 Å². The molecule has 28 heavy (non-hydrogen) atoms. The number of rotatable bonds is 9. The molecule has 0 atom stereocenters. The molecule has 0 aromatic heterocycles. The van der Waals surface area contributed by atoms with Gasteiger partial charge in [-0.05, 0) is 47.4 Å². The topological polar surface area (TPSA) is 83.1 Å². The molecular weight excluding hydrogens is 382 g/mol. The highest BCUT2D eigenvalue weighted by Crippen LogP contribution is 2.38. The molecule has 0 radical (unpaired) electrons. The van der Waals surface area contributed by atoms with Crippen molar-refractivity contribution >= 4 is 10.0 Å². The van der Waals surface area contributed by atoms with Crippen LogP contribution in [0.2, 0.25) is 0 Å². The van der Waals surface area contributed by atoms with E-state index in [2.05, 4.69) is 4.72 Å². The van der Waals surface area contributed by atoms with E-state index in [9.17, 15) is 8.42 Å². The molecule has 2 rings (SSSR count). The van der Waals surface area contributed by atoms with Crippen LogP contribution in [-0.4, -0.2) is 36.9 Å². The van der Waals surface area contributed by atoms with Crippen LogP contribution in [0.5, 0.6) is 23.0 Å². The molecule has 0 heterocycles. The summed E-state index contributed by atoms with van der Waals surface area (Å²) in [5.41, 5.74) is 1.51. The first-order chi connectivity index (χ1) is 13.3. The quantitative estimate of drug-likeness (QED) is 0.684. The summed E-state index contributed by atoms with van der Waals surface area (Å²) < 4.78 is 49.4. The molecule has 7 nitrogen and oxygen atoms in total. The number of sulfonamides is 1. The SMILES string of the molecule is COc1ccc(S(=O)(=O)NCc2cc(OC)c(OC)c(OC)c2)cc1C(C)C. The fraction of sp³-hybridized carbons (Fsp3) is 0.400. The Morgan fingerprint density at radius 1 is 0.857 bits per heavy atom. The standard InChI is InChI=1S/C20H27NO6S/c1-13(2)16-11-15(7-8-17(16)24-3)28(22,23)21-12-14-9-18(25-4)20(27-6)19(10-14)26-5/h7-11,13,21H,12H2,1-6H3. The van der Waals surface area contributed by atoms with E-state index in [1.165, 1.54) is 27.4 Å². The summed E-state index contributed by atoms with van der Waals surface area (Å²) in [5, 5.41) is 0. The Kier molecular flexibility index (Phi) is 7.15. The van der Waals surface area contributed by atoms with E-state index < -0.39 is 10.0 Å². The second-order valence-corrected chi connectivity index (χ2v) is 8.18. The van der Waals surface area contributed by atoms with Crippen molar-refractivity contribution in [3.8, 4) is 23.0 Å². The van der Waals surface area contributed by atoms with Crippen molar-refractivity contribution in [2.45, 2.75) is 31.2 Å². The van der Waals surface area contributed by atoms with Crippen molar-refractivity contribution in [2.75, 3.05) is 28.4 Å². The molecule has 0 aliphatic heterocycles. The van der Waals surface area contributed by atoms with E-state index in [4.69, 9.17) is 18.9 Å². The third-order valence-electron chi connectivity index (χ3n) is 4.32. The molecule has 0 amide bonds. The second-order valence-electron chi connectivity index (χ2n) is 6.42. The molecular formula is C20H27NO6S. The van der Waals surface area contributed by atoms with Crippen LogP contribution in [0, 0.1) is 0 Å². The lowest BCUT2D eigenvalue weighted by Crippen LogP contribution is -2.23. The van der Waals surface area contributed by atoms with Gasteiger partial charge in [0.1, 0.15) is 5.75 Å². The second kappa shape index (κ2) is 9.16. The van der Waals surface area contributed by atoms with Crippen LogP contribution in [-0.2, 0) is 16.6 Å². The lowest BCUT2D eigenvalue weighted by Gasteiger charge is -2.16. The summed E-state index contributed by atoms with van der Waals surface area (Å²) >= 11 is 0. The number of nitrogens with one attached hydrogen (secondary N) is 1. The van der Waals surface area contributed by atoms with Crippen molar-refractivity contribution in [3.63, 3.8) is 0 Å². The molecule has 0 fully saturated rings. The van der Waals surface area contributed by atoms with E-state index in [1.54, 1.807) is 31.4 Å². The van der Waals surface area contributed by atoms with Gasteiger partial charge >= 0.3 is 0 Å². The lowest BCUT2D eigenvalue weighted by molar-refractivity contribution is 0.323. The predicted octanol–water partition coefficient (Wildman–Crippen LogP) is 3.32. The smallest absolute Gasteiger partial charge is 0.240 e. The molecule has 0 aliphatic rings. The highest BCUT2D eigenvalue weighted by atomic mass is 32.2. The van der Waals surface area contributed by atoms with Crippen molar-refractivity contribution < 1.29 is 27.4 Å². The highest BCUT2D eigenvalue weighted by Gasteiger charge is 2.19. The molecule has 0 saturated carbocycles. The van der Waals surface area contributed by atoms with Gasteiger partial charge in [-0.1, -0.05) is 13.8 Å². The normalized spacial score (nSPS) is 11.4. The Morgan fingerprint density at radius 3 is 1.89 bits per heavy atom. The summed E-state index contributed by atoms with van der Waals surface area (Å²) in [7, 11) is 2.39. The first kappa shape index (κ1) is 21.8.